The highest BCUT2D eigenvalue weighted by Crippen LogP contribution is 2.27. The summed E-state index contributed by atoms with van der Waals surface area (Å²) in [6.07, 6.45) is 1.17. The van der Waals surface area contributed by atoms with E-state index in [1.807, 2.05) is 0 Å². The minimum Gasteiger partial charge on any atom is -0.465 e. The molecule has 110 valence electrons. The van der Waals surface area contributed by atoms with E-state index in [1.165, 1.54) is 13.4 Å². The molecule has 0 heterocycles. The standard InChI is InChI=1S/C15H13BrO4S/c1-20-15(17)13-8-5-11(9-14(13)16)10-3-6-12(7-4-10)21(2,18)19/h3-9H,1-2H3. The van der Waals surface area contributed by atoms with Crippen LogP contribution in [0.5, 0.6) is 0 Å². The van der Waals surface area contributed by atoms with Crippen molar-refractivity contribution in [1.82, 2.24) is 0 Å². The zero-order valence-corrected chi connectivity index (χ0v) is 13.9. The average molecular weight is 369 g/mol. The van der Waals surface area contributed by atoms with Crippen LogP contribution in [-0.2, 0) is 14.6 Å². The predicted octanol–water partition coefficient (Wildman–Crippen LogP) is 3.31. The minimum absolute atomic E-state index is 0.275. The van der Waals surface area contributed by atoms with Gasteiger partial charge >= 0.3 is 5.97 Å². The number of esters is 1. The van der Waals surface area contributed by atoms with E-state index in [1.54, 1.807) is 42.5 Å². The first-order valence-electron chi connectivity index (χ1n) is 6.01. The summed E-state index contributed by atoms with van der Waals surface area (Å²) in [6, 6.07) is 11.8. The third-order valence-electron chi connectivity index (χ3n) is 2.99. The van der Waals surface area contributed by atoms with Gasteiger partial charge in [-0.15, -0.1) is 0 Å². The van der Waals surface area contributed by atoms with Crippen molar-refractivity contribution in [2.45, 2.75) is 4.90 Å². The Kier molecular flexibility index (Phi) is 4.49. The van der Waals surface area contributed by atoms with Gasteiger partial charge in [-0.3, -0.25) is 0 Å². The Balaban J connectivity index is 2.39. The van der Waals surface area contributed by atoms with Crippen LogP contribution >= 0.6 is 15.9 Å². The first-order chi connectivity index (χ1) is 9.82. The molecule has 0 amide bonds. The van der Waals surface area contributed by atoms with E-state index in [-0.39, 0.29) is 4.90 Å². The summed E-state index contributed by atoms with van der Waals surface area (Å²) in [7, 11) is -1.88. The van der Waals surface area contributed by atoms with E-state index < -0.39 is 15.8 Å². The summed E-state index contributed by atoms with van der Waals surface area (Å²) in [5.74, 6) is -0.416. The topological polar surface area (TPSA) is 60.4 Å². The van der Waals surface area contributed by atoms with Crippen LogP contribution in [0.3, 0.4) is 0 Å². The van der Waals surface area contributed by atoms with E-state index >= 15 is 0 Å². The fraction of sp³-hybridized carbons (Fsp3) is 0.133. The van der Waals surface area contributed by atoms with Gasteiger partial charge in [-0.1, -0.05) is 18.2 Å². The lowest BCUT2D eigenvalue weighted by Gasteiger charge is -2.07. The third kappa shape index (κ3) is 3.51. The van der Waals surface area contributed by atoms with Crippen LogP contribution < -0.4 is 0 Å². The van der Waals surface area contributed by atoms with Crippen LogP contribution in [0.2, 0.25) is 0 Å². The molecule has 2 aromatic carbocycles. The molecule has 0 atom stereocenters. The van der Waals surface area contributed by atoms with E-state index in [4.69, 9.17) is 0 Å². The maximum atomic E-state index is 11.5. The Bertz CT molecular complexity index is 780. The van der Waals surface area contributed by atoms with E-state index in [0.29, 0.717) is 10.0 Å². The van der Waals surface area contributed by atoms with Gasteiger partial charge in [0, 0.05) is 10.7 Å². The average Bonchev–Trinajstić information content (AvgIpc) is 2.45. The molecule has 2 aromatic rings. The van der Waals surface area contributed by atoms with Gasteiger partial charge in [0.2, 0.25) is 0 Å². The highest BCUT2D eigenvalue weighted by molar-refractivity contribution is 9.10. The van der Waals surface area contributed by atoms with Gasteiger partial charge in [-0.2, -0.15) is 0 Å². The molecule has 0 saturated carbocycles. The van der Waals surface area contributed by atoms with Gasteiger partial charge in [0.05, 0.1) is 17.6 Å². The summed E-state index contributed by atoms with van der Waals surface area (Å²) in [6.45, 7) is 0. The maximum Gasteiger partial charge on any atom is 0.339 e. The highest BCUT2D eigenvalue weighted by Gasteiger charge is 2.12. The molecule has 0 aliphatic carbocycles. The maximum absolute atomic E-state index is 11.5. The summed E-state index contributed by atoms with van der Waals surface area (Å²) in [4.78, 5) is 11.8. The Hall–Kier alpha value is -1.66. The van der Waals surface area contributed by atoms with Crippen molar-refractivity contribution in [3.63, 3.8) is 0 Å². The summed E-state index contributed by atoms with van der Waals surface area (Å²) in [5, 5.41) is 0. The molecule has 21 heavy (non-hydrogen) atoms. The fourth-order valence-corrected chi connectivity index (χ4v) is 3.04. The number of halogens is 1. The highest BCUT2D eigenvalue weighted by atomic mass is 79.9. The number of ether oxygens (including phenoxy) is 1. The van der Waals surface area contributed by atoms with Crippen LogP contribution in [0.15, 0.2) is 51.8 Å². The zero-order valence-electron chi connectivity index (χ0n) is 11.5. The molecule has 0 unspecified atom stereocenters. The molecule has 0 N–H and O–H groups in total. The Morgan fingerprint density at radius 2 is 1.62 bits per heavy atom. The van der Waals surface area contributed by atoms with Crippen LogP contribution in [0.1, 0.15) is 10.4 Å². The monoisotopic (exact) mass is 368 g/mol. The number of rotatable bonds is 3. The van der Waals surface area contributed by atoms with Gasteiger partial charge in [0.1, 0.15) is 0 Å². The first kappa shape index (κ1) is 15.7. The van der Waals surface area contributed by atoms with Crippen molar-refractivity contribution in [2.75, 3.05) is 13.4 Å². The lowest BCUT2D eigenvalue weighted by Crippen LogP contribution is -2.02. The van der Waals surface area contributed by atoms with E-state index in [2.05, 4.69) is 20.7 Å². The number of benzene rings is 2. The van der Waals surface area contributed by atoms with E-state index in [0.717, 1.165) is 11.1 Å². The van der Waals surface area contributed by atoms with Crippen molar-refractivity contribution in [1.29, 1.82) is 0 Å². The predicted molar refractivity (Wildman–Crippen MR) is 84.0 cm³/mol. The Morgan fingerprint density at radius 3 is 2.10 bits per heavy atom. The molecule has 0 aliphatic heterocycles. The molecule has 0 aliphatic rings. The van der Waals surface area contributed by atoms with Crippen LogP contribution in [0.25, 0.3) is 11.1 Å². The molecule has 4 nitrogen and oxygen atoms in total. The number of methoxy groups -OCH3 is 1. The van der Waals surface area contributed by atoms with E-state index in [9.17, 15) is 13.2 Å². The molecule has 6 heteroatoms. The minimum atomic E-state index is -3.20. The largest absolute Gasteiger partial charge is 0.465 e. The van der Waals surface area contributed by atoms with Crippen molar-refractivity contribution in [3.8, 4) is 11.1 Å². The number of sulfone groups is 1. The second-order valence-corrected chi connectivity index (χ2v) is 7.35. The van der Waals surface area contributed by atoms with Crippen LogP contribution in [0, 0.1) is 0 Å². The Morgan fingerprint density at radius 1 is 1.05 bits per heavy atom. The number of hydrogen-bond acceptors (Lipinski definition) is 4. The van der Waals surface area contributed by atoms with Crippen LogP contribution in [-0.4, -0.2) is 27.8 Å². The second kappa shape index (κ2) is 5.99. The number of carbonyl (C=O) groups excluding carboxylic acids is 1. The zero-order chi connectivity index (χ0) is 15.6. The van der Waals surface area contributed by atoms with Crippen molar-refractivity contribution in [3.05, 3.63) is 52.5 Å². The smallest absolute Gasteiger partial charge is 0.339 e. The molecule has 2 rings (SSSR count). The molecule has 0 radical (unpaired) electrons. The fourth-order valence-electron chi connectivity index (χ4n) is 1.86. The molecule has 0 spiro atoms. The number of hydrogen-bond donors (Lipinski definition) is 0. The number of carbonyl (C=O) groups is 1. The molecule has 0 aromatic heterocycles. The van der Waals surface area contributed by atoms with Crippen molar-refractivity contribution in [2.24, 2.45) is 0 Å². The SMILES string of the molecule is COC(=O)c1ccc(-c2ccc(S(C)(=O)=O)cc2)cc1Br. The van der Waals surface area contributed by atoms with Crippen LogP contribution in [0.4, 0.5) is 0 Å². The summed E-state index contributed by atoms with van der Waals surface area (Å²) >= 11 is 3.34. The lowest BCUT2D eigenvalue weighted by molar-refractivity contribution is 0.0599. The van der Waals surface area contributed by atoms with Gasteiger partial charge in [-0.25, -0.2) is 13.2 Å². The summed E-state index contributed by atoms with van der Waals surface area (Å²) in [5.41, 5.74) is 2.17. The molecular formula is C15H13BrO4S. The van der Waals surface area contributed by atoms with Crippen molar-refractivity contribution < 1.29 is 17.9 Å². The second-order valence-electron chi connectivity index (χ2n) is 4.48. The summed E-state index contributed by atoms with van der Waals surface area (Å²) < 4.78 is 28.2. The van der Waals surface area contributed by atoms with Gasteiger partial charge < -0.3 is 4.74 Å². The first-order valence-corrected chi connectivity index (χ1v) is 8.69. The van der Waals surface area contributed by atoms with Gasteiger partial charge in [-0.05, 0) is 51.3 Å². The van der Waals surface area contributed by atoms with Crippen molar-refractivity contribution >= 4 is 31.7 Å². The quantitative estimate of drug-likeness (QED) is 0.779. The Labute approximate surface area is 131 Å². The molecule has 0 fully saturated rings. The molecular weight excluding hydrogens is 356 g/mol. The van der Waals surface area contributed by atoms with Gasteiger partial charge in [0.25, 0.3) is 0 Å². The third-order valence-corrected chi connectivity index (χ3v) is 4.77. The molecule has 0 saturated heterocycles. The van der Waals surface area contributed by atoms with Gasteiger partial charge in [0.15, 0.2) is 9.84 Å². The normalized spacial score (nSPS) is 11.2. The molecule has 0 bridgehead atoms. The lowest BCUT2D eigenvalue weighted by atomic mass is 10.0.